The average molecular weight is 399 g/mol. The van der Waals surface area contributed by atoms with Crippen LogP contribution in [0.2, 0.25) is 5.02 Å². The van der Waals surface area contributed by atoms with Gasteiger partial charge in [-0.1, -0.05) is 48.0 Å². The fourth-order valence-corrected chi connectivity index (χ4v) is 3.07. The summed E-state index contributed by atoms with van der Waals surface area (Å²) in [5.74, 6) is -3.72. The van der Waals surface area contributed by atoms with Crippen molar-refractivity contribution in [1.82, 2.24) is 9.97 Å². The third kappa shape index (κ3) is 3.23. The quantitative estimate of drug-likeness (QED) is 0.462. The molecule has 4 nitrogen and oxygen atoms in total. The van der Waals surface area contributed by atoms with E-state index in [2.05, 4.69) is 9.97 Å². The number of carboxylic acids is 1. The van der Waals surface area contributed by atoms with Crippen LogP contribution in [0.1, 0.15) is 21.5 Å². The van der Waals surface area contributed by atoms with E-state index in [-0.39, 0.29) is 16.7 Å². The molecule has 0 saturated carbocycles. The number of fused-ring (bicyclic) bond motifs is 1. The fraction of sp³-hybridized carbons (Fsp3) is 0.0476. The van der Waals surface area contributed by atoms with Crippen LogP contribution in [0.25, 0.3) is 22.4 Å². The number of rotatable bonds is 4. The SMILES string of the molecule is O=C(O)c1ccc2nc(-c3ccc(C(F)(F)c4ccc(Cl)cc4)cc3)[nH]c2c1. The van der Waals surface area contributed by atoms with Crippen molar-refractivity contribution < 1.29 is 18.7 Å². The van der Waals surface area contributed by atoms with E-state index in [4.69, 9.17) is 16.7 Å². The van der Waals surface area contributed by atoms with Crippen molar-refractivity contribution in [2.45, 2.75) is 5.92 Å². The lowest BCUT2D eigenvalue weighted by atomic mass is 9.99. The number of aromatic amines is 1. The molecule has 2 N–H and O–H groups in total. The summed E-state index contributed by atoms with van der Waals surface area (Å²) < 4.78 is 29.4. The standard InChI is InChI=1S/C21H13ClF2N2O2/c22-16-8-6-15(7-9-16)21(23,24)14-4-1-12(2-5-14)19-25-17-10-3-13(20(27)28)11-18(17)26-19/h1-11H,(H,25,26)(H,27,28). The number of aromatic carboxylic acids is 1. The van der Waals surface area contributed by atoms with Crippen molar-refractivity contribution >= 4 is 28.6 Å². The summed E-state index contributed by atoms with van der Waals surface area (Å²) in [6.07, 6.45) is 0. The molecule has 4 rings (SSSR count). The largest absolute Gasteiger partial charge is 0.478 e. The number of halogens is 3. The molecule has 0 amide bonds. The summed E-state index contributed by atoms with van der Waals surface area (Å²) in [7, 11) is 0. The summed E-state index contributed by atoms with van der Waals surface area (Å²) in [4.78, 5) is 18.5. The molecular formula is C21H13ClF2N2O2. The fourth-order valence-electron chi connectivity index (χ4n) is 2.94. The second-order valence-electron chi connectivity index (χ2n) is 6.28. The van der Waals surface area contributed by atoms with Gasteiger partial charge in [0.1, 0.15) is 5.82 Å². The zero-order valence-electron chi connectivity index (χ0n) is 14.3. The number of hydrogen-bond donors (Lipinski definition) is 2. The Labute approximate surface area is 163 Å². The van der Waals surface area contributed by atoms with Gasteiger partial charge in [-0.3, -0.25) is 0 Å². The van der Waals surface area contributed by atoms with Crippen LogP contribution >= 0.6 is 11.6 Å². The van der Waals surface area contributed by atoms with Gasteiger partial charge in [-0.05, 0) is 30.3 Å². The first kappa shape index (κ1) is 18.1. The lowest BCUT2D eigenvalue weighted by Gasteiger charge is -2.17. The molecule has 0 aliphatic heterocycles. The number of hydrogen-bond acceptors (Lipinski definition) is 2. The van der Waals surface area contributed by atoms with Gasteiger partial charge < -0.3 is 10.1 Å². The van der Waals surface area contributed by atoms with Crippen LogP contribution in [0.3, 0.4) is 0 Å². The number of benzene rings is 3. The second kappa shape index (κ2) is 6.73. The highest BCUT2D eigenvalue weighted by Crippen LogP contribution is 2.36. The van der Waals surface area contributed by atoms with Gasteiger partial charge in [0, 0.05) is 21.7 Å². The molecule has 3 aromatic carbocycles. The Balaban J connectivity index is 1.67. The van der Waals surface area contributed by atoms with E-state index in [1.54, 1.807) is 18.2 Å². The molecule has 0 aliphatic carbocycles. The van der Waals surface area contributed by atoms with Gasteiger partial charge >= 0.3 is 5.97 Å². The third-order valence-corrected chi connectivity index (χ3v) is 4.71. The van der Waals surface area contributed by atoms with Crippen LogP contribution in [0.4, 0.5) is 8.78 Å². The minimum atomic E-state index is -3.16. The molecule has 0 bridgehead atoms. The van der Waals surface area contributed by atoms with Gasteiger partial charge in [-0.25, -0.2) is 9.78 Å². The van der Waals surface area contributed by atoms with Crippen molar-refractivity contribution in [2.24, 2.45) is 0 Å². The van der Waals surface area contributed by atoms with Crippen LogP contribution in [-0.4, -0.2) is 21.0 Å². The van der Waals surface area contributed by atoms with E-state index in [1.165, 1.54) is 48.5 Å². The highest BCUT2D eigenvalue weighted by Gasteiger charge is 2.33. The third-order valence-electron chi connectivity index (χ3n) is 4.46. The van der Waals surface area contributed by atoms with E-state index in [0.717, 1.165) is 0 Å². The van der Waals surface area contributed by atoms with E-state index in [1.807, 2.05) is 0 Å². The highest BCUT2D eigenvalue weighted by atomic mass is 35.5. The van der Waals surface area contributed by atoms with Gasteiger partial charge in [-0.15, -0.1) is 0 Å². The molecule has 4 aromatic rings. The second-order valence-corrected chi connectivity index (χ2v) is 6.72. The summed E-state index contributed by atoms with van der Waals surface area (Å²) in [6.45, 7) is 0. The van der Waals surface area contributed by atoms with Crippen LogP contribution in [0.15, 0.2) is 66.7 Å². The molecule has 7 heteroatoms. The normalized spacial score (nSPS) is 11.7. The van der Waals surface area contributed by atoms with Crippen molar-refractivity contribution in [3.63, 3.8) is 0 Å². The average Bonchev–Trinajstić information content (AvgIpc) is 3.11. The molecule has 1 heterocycles. The molecule has 0 unspecified atom stereocenters. The van der Waals surface area contributed by atoms with Gasteiger partial charge in [0.15, 0.2) is 0 Å². The first-order chi connectivity index (χ1) is 13.3. The lowest BCUT2D eigenvalue weighted by molar-refractivity contribution is 0.0428. The van der Waals surface area contributed by atoms with Crippen molar-refractivity contribution in [3.05, 3.63) is 88.4 Å². The molecule has 0 aliphatic rings. The van der Waals surface area contributed by atoms with Gasteiger partial charge in [0.2, 0.25) is 0 Å². The number of carbonyl (C=O) groups is 1. The van der Waals surface area contributed by atoms with E-state index >= 15 is 0 Å². The predicted molar refractivity (Wildman–Crippen MR) is 103 cm³/mol. The number of alkyl halides is 2. The van der Waals surface area contributed by atoms with Crippen molar-refractivity contribution in [3.8, 4) is 11.4 Å². The Kier molecular flexibility index (Phi) is 4.35. The monoisotopic (exact) mass is 398 g/mol. The van der Waals surface area contributed by atoms with Crippen LogP contribution in [-0.2, 0) is 5.92 Å². The predicted octanol–water partition coefficient (Wildman–Crippen LogP) is 5.72. The molecule has 0 fully saturated rings. The van der Waals surface area contributed by atoms with Crippen molar-refractivity contribution in [1.29, 1.82) is 0 Å². The Morgan fingerprint density at radius 1 is 0.964 bits per heavy atom. The number of H-pyrrole nitrogens is 1. The lowest BCUT2D eigenvalue weighted by Crippen LogP contribution is -2.14. The van der Waals surface area contributed by atoms with Gasteiger partial charge in [-0.2, -0.15) is 8.78 Å². The molecule has 0 radical (unpaired) electrons. The maximum Gasteiger partial charge on any atom is 0.335 e. The molecule has 140 valence electrons. The molecule has 28 heavy (non-hydrogen) atoms. The van der Waals surface area contributed by atoms with Gasteiger partial charge in [0.25, 0.3) is 5.92 Å². The zero-order chi connectivity index (χ0) is 19.9. The smallest absolute Gasteiger partial charge is 0.335 e. The first-order valence-corrected chi connectivity index (χ1v) is 8.70. The topological polar surface area (TPSA) is 66.0 Å². The van der Waals surface area contributed by atoms with Crippen LogP contribution in [0, 0.1) is 0 Å². The number of imidazole rings is 1. The summed E-state index contributed by atoms with van der Waals surface area (Å²) >= 11 is 5.77. The first-order valence-electron chi connectivity index (χ1n) is 8.32. The maximum atomic E-state index is 14.7. The Bertz CT molecular complexity index is 1170. The Morgan fingerprint density at radius 3 is 2.18 bits per heavy atom. The number of carboxylic acid groups (broad SMARTS) is 1. The number of aromatic nitrogens is 2. The Hall–Kier alpha value is -3.25. The summed E-state index contributed by atoms with van der Waals surface area (Å²) in [6, 6.07) is 15.8. The van der Waals surface area contributed by atoms with Crippen LogP contribution < -0.4 is 0 Å². The zero-order valence-corrected chi connectivity index (χ0v) is 15.0. The number of nitrogens with one attached hydrogen (secondary N) is 1. The van der Waals surface area contributed by atoms with E-state index in [0.29, 0.717) is 27.4 Å². The molecular weight excluding hydrogens is 386 g/mol. The molecule has 0 atom stereocenters. The minimum absolute atomic E-state index is 0.139. The maximum absolute atomic E-state index is 14.7. The number of nitrogens with zero attached hydrogens (tertiary/aromatic N) is 1. The molecule has 0 spiro atoms. The van der Waals surface area contributed by atoms with Crippen molar-refractivity contribution in [2.75, 3.05) is 0 Å². The minimum Gasteiger partial charge on any atom is -0.478 e. The summed E-state index contributed by atoms with van der Waals surface area (Å²) in [5.41, 5.74) is 1.61. The van der Waals surface area contributed by atoms with E-state index < -0.39 is 11.9 Å². The molecule has 0 saturated heterocycles. The Morgan fingerprint density at radius 2 is 1.57 bits per heavy atom. The highest BCUT2D eigenvalue weighted by molar-refractivity contribution is 6.30. The summed E-state index contributed by atoms with van der Waals surface area (Å²) in [5, 5.41) is 9.47. The van der Waals surface area contributed by atoms with Crippen LogP contribution in [0.5, 0.6) is 0 Å². The molecule has 1 aromatic heterocycles. The van der Waals surface area contributed by atoms with E-state index in [9.17, 15) is 13.6 Å². The van der Waals surface area contributed by atoms with Gasteiger partial charge in [0.05, 0.1) is 16.6 Å².